The molecular formula is C20H20BrF2N3O2S. The lowest BCUT2D eigenvalue weighted by Crippen LogP contribution is -2.35. The van der Waals surface area contributed by atoms with Crippen molar-refractivity contribution in [2.24, 2.45) is 0 Å². The van der Waals surface area contributed by atoms with Crippen LogP contribution in [-0.4, -0.2) is 31.5 Å². The number of nitrogens with zero attached hydrogens (tertiary/aromatic N) is 1. The number of fused-ring (bicyclic) bond motifs is 1. The molecule has 1 aliphatic heterocycles. The molecule has 1 fully saturated rings. The Hall–Kier alpha value is -1.97. The highest BCUT2D eigenvalue weighted by Gasteiger charge is 2.26. The molecule has 9 heteroatoms. The van der Waals surface area contributed by atoms with Crippen LogP contribution in [0.25, 0.3) is 10.9 Å². The molecule has 0 spiro atoms. The largest absolute Gasteiger partial charge is 0.382 e. The molecule has 0 unspecified atom stereocenters. The molecule has 0 saturated carbocycles. The fourth-order valence-electron chi connectivity index (χ4n) is 3.70. The number of hydrogen-bond donors (Lipinski definition) is 2. The van der Waals surface area contributed by atoms with Gasteiger partial charge in [-0.05, 0) is 56.3 Å². The minimum Gasteiger partial charge on any atom is -0.382 e. The first kappa shape index (κ1) is 20.3. The zero-order valence-electron chi connectivity index (χ0n) is 15.4. The molecule has 5 nitrogen and oxygen atoms in total. The van der Waals surface area contributed by atoms with Crippen molar-refractivity contribution in [3.05, 3.63) is 58.7 Å². The van der Waals surface area contributed by atoms with Crippen molar-refractivity contribution in [1.29, 1.82) is 0 Å². The average Bonchev–Trinajstić information content (AvgIpc) is 3.11. The summed E-state index contributed by atoms with van der Waals surface area (Å²) in [6, 6.07) is 11.3. The minimum absolute atomic E-state index is 0.0290. The highest BCUT2D eigenvalue weighted by Crippen LogP contribution is 2.37. The van der Waals surface area contributed by atoms with Gasteiger partial charge >= 0.3 is 0 Å². The van der Waals surface area contributed by atoms with E-state index in [1.807, 2.05) is 0 Å². The number of halogens is 3. The van der Waals surface area contributed by atoms with Crippen LogP contribution in [0.1, 0.15) is 24.8 Å². The molecule has 154 valence electrons. The lowest BCUT2D eigenvalue weighted by atomic mass is 10.0. The first-order valence-electron chi connectivity index (χ1n) is 9.28. The van der Waals surface area contributed by atoms with Crippen LogP contribution in [0.2, 0.25) is 0 Å². The summed E-state index contributed by atoms with van der Waals surface area (Å²) < 4.78 is 55.7. The van der Waals surface area contributed by atoms with E-state index in [2.05, 4.69) is 26.6 Å². The van der Waals surface area contributed by atoms with Crippen molar-refractivity contribution in [2.45, 2.75) is 30.2 Å². The van der Waals surface area contributed by atoms with Gasteiger partial charge < -0.3 is 10.6 Å². The van der Waals surface area contributed by atoms with E-state index in [9.17, 15) is 17.2 Å². The van der Waals surface area contributed by atoms with E-state index in [0.29, 0.717) is 10.2 Å². The van der Waals surface area contributed by atoms with Gasteiger partial charge in [0, 0.05) is 33.3 Å². The van der Waals surface area contributed by atoms with Gasteiger partial charge in [0.25, 0.3) is 16.4 Å². The van der Waals surface area contributed by atoms with Gasteiger partial charge in [0.2, 0.25) is 0 Å². The zero-order valence-corrected chi connectivity index (χ0v) is 17.8. The fraction of sp³-hybridized carbons (Fsp3) is 0.300. The normalized spacial score (nSPS) is 15.9. The van der Waals surface area contributed by atoms with Gasteiger partial charge in [0.15, 0.2) is 0 Å². The quantitative estimate of drug-likeness (QED) is 0.549. The van der Waals surface area contributed by atoms with E-state index in [1.165, 1.54) is 12.1 Å². The molecule has 1 aliphatic rings. The molecule has 2 aromatic carbocycles. The second-order valence-corrected chi connectivity index (χ2v) is 9.74. The molecule has 2 N–H and O–H groups in total. The molecule has 0 bridgehead atoms. The summed E-state index contributed by atoms with van der Waals surface area (Å²) in [7, 11) is -4.04. The van der Waals surface area contributed by atoms with Crippen LogP contribution >= 0.6 is 15.9 Å². The predicted molar refractivity (Wildman–Crippen MR) is 113 cm³/mol. The van der Waals surface area contributed by atoms with Crippen LogP contribution < -0.4 is 10.6 Å². The smallest absolute Gasteiger partial charge is 0.268 e. The highest BCUT2D eigenvalue weighted by atomic mass is 79.9. The Morgan fingerprint density at radius 3 is 2.55 bits per heavy atom. The van der Waals surface area contributed by atoms with Crippen LogP contribution in [0.5, 0.6) is 0 Å². The number of nitrogens with one attached hydrogen (secondary N) is 2. The zero-order chi connectivity index (χ0) is 20.6. The van der Waals surface area contributed by atoms with Gasteiger partial charge in [-0.15, -0.1) is 0 Å². The van der Waals surface area contributed by atoms with Crippen LogP contribution in [0.3, 0.4) is 0 Å². The van der Waals surface area contributed by atoms with E-state index in [-0.39, 0.29) is 27.4 Å². The van der Waals surface area contributed by atoms with Crippen molar-refractivity contribution >= 4 is 42.5 Å². The van der Waals surface area contributed by atoms with E-state index in [0.717, 1.165) is 36.1 Å². The van der Waals surface area contributed by atoms with Gasteiger partial charge in [-0.25, -0.2) is 21.2 Å². The molecule has 1 saturated heterocycles. The number of piperidine rings is 1. The second kappa shape index (κ2) is 8.04. The molecule has 2 heterocycles. The van der Waals surface area contributed by atoms with Gasteiger partial charge in [-0.1, -0.05) is 28.1 Å². The fourth-order valence-corrected chi connectivity index (χ4v) is 5.67. The monoisotopic (exact) mass is 483 g/mol. The summed E-state index contributed by atoms with van der Waals surface area (Å²) >= 11 is 3.26. The summed E-state index contributed by atoms with van der Waals surface area (Å²) in [5, 5.41) is 6.86. The van der Waals surface area contributed by atoms with E-state index < -0.39 is 16.4 Å². The molecule has 0 radical (unpaired) electrons. The molecule has 4 rings (SSSR count). The Balaban J connectivity index is 1.87. The third kappa shape index (κ3) is 3.91. The number of alkyl halides is 2. The summed E-state index contributed by atoms with van der Waals surface area (Å²) in [5.41, 5.74) is 0.475. The second-order valence-electron chi connectivity index (χ2n) is 7.01. The number of benzene rings is 2. The molecule has 29 heavy (non-hydrogen) atoms. The van der Waals surface area contributed by atoms with Crippen LogP contribution in [0, 0.1) is 0 Å². The van der Waals surface area contributed by atoms with Crippen molar-refractivity contribution < 1.29 is 17.2 Å². The molecule has 3 aromatic rings. The molecule has 0 aliphatic carbocycles. The number of aromatic nitrogens is 1. The van der Waals surface area contributed by atoms with Crippen LogP contribution in [0.15, 0.2) is 58.0 Å². The lowest BCUT2D eigenvalue weighted by Gasteiger charge is -2.25. The van der Waals surface area contributed by atoms with Gasteiger partial charge in [-0.3, -0.25) is 0 Å². The summed E-state index contributed by atoms with van der Waals surface area (Å²) in [6.45, 7) is 1.71. The van der Waals surface area contributed by atoms with Gasteiger partial charge in [0.1, 0.15) is 0 Å². The third-order valence-corrected chi connectivity index (χ3v) is 7.27. The van der Waals surface area contributed by atoms with Crippen molar-refractivity contribution in [3.63, 3.8) is 0 Å². The van der Waals surface area contributed by atoms with E-state index in [1.54, 1.807) is 30.3 Å². The van der Waals surface area contributed by atoms with Crippen molar-refractivity contribution in [2.75, 3.05) is 18.4 Å². The SMILES string of the molecule is O=S(=O)(c1cccc(Br)c1)n1cc(C(F)F)c2c(NC3CCNCC3)cccc21. The number of anilines is 1. The maximum Gasteiger partial charge on any atom is 0.268 e. The Labute approximate surface area is 176 Å². The maximum atomic E-state index is 13.9. The van der Waals surface area contributed by atoms with Crippen molar-refractivity contribution in [1.82, 2.24) is 9.29 Å². The Morgan fingerprint density at radius 2 is 1.86 bits per heavy atom. The molecule has 1 aromatic heterocycles. The predicted octanol–water partition coefficient (Wildman–Crippen LogP) is 4.74. The number of hydrogen-bond acceptors (Lipinski definition) is 4. The number of rotatable bonds is 5. The third-order valence-electron chi connectivity index (χ3n) is 5.11. The first-order chi connectivity index (χ1) is 13.9. The van der Waals surface area contributed by atoms with E-state index >= 15 is 0 Å². The highest BCUT2D eigenvalue weighted by molar-refractivity contribution is 9.10. The van der Waals surface area contributed by atoms with Crippen molar-refractivity contribution in [3.8, 4) is 0 Å². The lowest BCUT2D eigenvalue weighted by molar-refractivity contribution is 0.153. The summed E-state index contributed by atoms with van der Waals surface area (Å²) in [6.07, 6.45) is -0.0129. The Kier molecular flexibility index (Phi) is 5.63. The first-order valence-corrected chi connectivity index (χ1v) is 11.5. The van der Waals surface area contributed by atoms with E-state index in [4.69, 9.17) is 0 Å². The molecule has 0 atom stereocenters. The minimum atomic E-state index is -4.04. The summed E-state index contributed by atoms with van der Waals surface area (Å²) in [5.74, 6) is 0. The van der Waals surface area contributed by atoms with Crippen LogP contribution in [0.4, 0.5) is 14.5 Å². The van der Waals surface area contributed by atoms with Gasteiger partial charge in [0.05, 0.1) is 10.4 Å². The summed E-state index contributed by atoms with van der Waals surface area (Å²) in [4.78, 5) is 0.0290. The van der Waals surface area contributed by atoms with Crippen LogP contribution in [-0.2, 0) is 10.0 Å². The maximum absolute atomic E-state index is 13.9. The molecular weight excluding hydrogens is 464 g/mol. The van der Waals surface area contributed by atoms with Gasteiger partial charge in [-0.2, -0.15) is 0 Å². The average molecular weight is 484 g/mol. The standard InChI is InChI=1S/C20H20BrF2N3O2S/c21-13-3-1-4-15(11-13)29(27,28)26-12-16(20(22)23)19-17(5-2-6-18(19)26)25-14-7-9-24-10-8-14/h1-6,11-12,14,20,24-25H,7-10H2. The topological polar surface area (TPSA) is 63.1 Å². The molecule has 0 amide bonds. The Bertz CT molecular complexity index is 1140. The Morgan fingerprint density at radius 1 is 1.14 bits per heavy atom.